The molecule has 5 rings (SSSR count). The molecule has 10 heteroatoms. The predicted molar refractivity (Wildman–Crippen MR) is 138 cm³/mol. The molecule has 3 heterocycles. The van der Waals surface area contributed by atoms with Crippen molar-refractivity contribution in [3.8, 4) is 0 Å². The molecule has 0 aliphatic carbocycles. The largest absolute Gasteiger partial charge is 0.338 e. The van der Waals surface area contributed by atoms with Gasteiger partial charge >= 0.3 is 0 Å². The Morgan fingerprint density at radius 2 is 1.76 bits per heavy atom. The molecule has 0 unspecified atom stereocenters. The molecule has 2 aliphatic heterocycles. The Morgan fingerprint density at radius 1 is 1.03 bits per heavy atom. The maximum absolute atomic E-state index is 14.7. The molecule has 0 bridgehead atoms. The molecule has 2 saturated heterocycles. The predicted octanol–water partition coefficient (Wildman–Crippen LogP) is 1.23. The second kappa shape index (κ2) is 10.8. The van der Waals surface area contributed by atoms with Crippen molar-refractivity contribution in [1.29, 1.82) is 0 Å². The van der Waals surface area contributed by atoms with Crippen LogP contribution in [0, 0.1) is 5.82 Å². The zero-order chi connectivity index (χ0) is 25.9. The van der Waals surface area contributed by atoms with E-state index < -0.39 is 5.82 Å². The van der Waals surface area contributed by atoms with Crippen molar-refractivity contribution in [3.63, 3.8) is 0 Å². The molecule has 0 saturated carbocycles. The summed E-state index contributed by atoms with van der Waals surface area (Å²) in [5.74, 6) is -0.906. The van der Waals surface area contributed by atoms with E-state index in [0.29, 0.717) is 61.8 Å². The van der Waals surface area contributed by atoms with E-state index in [1.165, 1.54) is 6.07 Å². The second-order valence-electron chi connectivity index (χ2n) is 9.80. The maximum atomic E-state index is 14.7. The lowest BCUT2D eigenvalue weighted by Crippen LogP contribution is -2.55. The highest BCUT2D eigenvalue weighted by Crippen LogP contribution is 2.20. The average molecular weight is 507 g/mol. The van der Waals surface area contributed by atoms with Crippen LogP contribution in [0.15, 0.2) is 47.3 Å². The first-order valence-electron chi connectivity index (χ1n) is 12.7. The minimum absolute atomic E-state index is 0.000751. The fraction of sp³-hybridized carbons (Fsp3) is 0.407. The van der Waals surface area contributed by atoms with Crippen LogP contribution < -0.4 is 10.9 Å². The summed E-state index contributed by atoms with van der Waals surface area (Å²) in [4.78, 5) is 43.6. The molecule has 2 fully saturated rings. The summed E-state index contributed by atoms with van der Waals surface area (Å²) >= 11 is 0. The Bertz CT molecular complexity index is 1370. The third kappa shape index (κ3) is 5.55. The third-order valence-electron chi connectivity index (χ3n) is 7.14. The van der Waals surface area contributed by atoms with E-state index in [9.17, 15) is 18.8 Å². The fourth-order valence-corrected chi connectivity index (χ4v) is 5.12. The molecule has 194 valence electrons. The summed E-state index contributed by atoms with van der Waals surface area (Å²) in [6.45, 7) is 6.62. The molecule has 0 spiro atoms. The van der Waals surface area contributed by atoms with Gasteiger partial charge in [0.25, 0.3) is 11.5 Å². The van der Waals surface area contributed by atoms with E-state index in [4.69, 9.17) is 0 Å². The van der Waals surface area contributed by atoms with Gasteiger partial charge in [-0.2, -0.15) is 5.10 Å². The van der Waals surface area contributed by atoms with Gasteiger partial charge in [0, 0.05) is 63.7 Å². The Labute approximate surface area is 214 Å². The van der Waals surface area contributed by atoms with Crippen LogP contribution in [0.5, 0.6) is 0 Å². The van der Waals surface area contributed by atoms with Crippen LogP contribution in [0.4, 0.5) is 4.39 Å². The van der Waals surface area contributed by atoms with Gasteiger partial charge in [0.2, 0.25) is 5.91 Å². The van der Waals surface area contributed by atoms with Crippen molar-refractivity contribution >= 4 is 22.6 Å². The average Bonchev–Trinajstić information content (AvgIpc) is 2.91. The number of nitrogens with one attached hydrogen (secondary N) is 2. The van der Waals surface area contributed by atoms with Crippen LogP contribution in [0.3, 0.4) is 0 Å². The maximum Gasteiger partial charge on any atom is 0.272 e. The second-order valence-corrected chi connectivity index (χ2v) is 9.80. The number of fused-ring (bicyclic) bond motifs is 1. The van der Waals surface area contributed by atoms with Crippen molar-refractivity contribution in [2.24, 2.45) is 0 Å². The number of carbonyl (C=O) groups excluding carboxylic acids is 2. The minimum Gasteiger partial charge on any atom is -0.338 e. The van der Waals surface area contributed by atoms with E-state index in [-0.39, 0.29) is 22.9 Å². The lowest BCUT2D eigenvalue weighted by molar-refractivity contribution is -0.134. The van der Waals surface area contributed by atoms with Gasteiger partial charge < -0.3 is 15.1 Å². The minimum atomic E-state index is -0.584. The summed E-state index contributed by atoms with van der Waals surface area (Å²) in [7, 11) is 0. The first-order valence-corrected chi connectivity index (χ1v) is 12.7. The van der Waals surface area contributed by atoms with Crippen molar-refractivity contribution in [2.75, 3.05) is 52.4 Å². The van der Waals surface area contributed by atoms with Crippen LogP contribution in [-0.4, -0.2) is 95.1 Å². The summed E-state index contributed by atoms with van der Waals surface area (Å²) in [6, 6.07) is 12.0. The van der Waals surface area contributed by atoms with Crippen molar-refractivity contribution in [3.05, 3.63) is 75.5 Å². The van der Waals surface area contributed by atoms with Gasteiger partial charge in [-0.05, 0) is 30.7 Å². The van der Waals surface area contributed by atoms with Crippen LogP contribution in [0.25, 0.3) is 10.8 Å². The number of amides is 2. The molecule has 2 N–H and O–H groups in total. The van der Waals surface area contributed by atoms with Crippen molar-refractivity contribution in [2.45, 2.75) is 19.4 Å². The van der Waals surface area contributed by atoms with E-state index in [1.54, 1.807) is 34.1 Å². The molecule has 1 atom stereocenters. The topological polar surface area (TPSA) is 102 Å². The highest BCUT2D eigenvalue weighted by molar-refractivity contribution is 5.95. The van der Waals surface area contributed by atoms with E-state index >= 15 is 0 Å². The molecule has 2 aromatic carbocycles. The summed E-state index contributed by atoms with van der Waals surface area (Å²) in [5, 5.41) is 11.3. The van der Waals surface area contributed by atoms with Gasteiger partial charge in [0.1, 0.15) is 5.82 Å². The molecule has 37 heavy (non-hydrogen) atoms. The van der Waals surface area contributed by atoms with E-state index in [2.05, 4.69) is 27.3 Å². The number of hydrogen-bond donors (Lipinski definition) is 2. The van der Waals surface area contributed by atoms with Gasteiger partial charge in [-0.3, -0.25) is 19.3 Å². The highest BCUT2D eigenvalue weighted by atomic mass is 19.1. The number of aromatic nitrogens is 2. The molecular formula is C27H31FN6O3. The van der Waals surface area contributed by atoms with E-state index in [1.807, 2.05) is 12.1 Å². The zero-order valence-corrected chi connectivity index (χ0v) is 20.9. The van der Waals surface area contributed by atoms with Gasteiger partial charge in [-0.15, -0.1) is 0 Å². The normalized spacial score (nSPS) is 18.8. The Kier molecular flexibility index (Phi) is 7.29. The van der Waals surface area contributed by atoms with Crippen LogP contribution in [0.1, 0.15) is 28.5 Å². The van der Waals surface area contributed by atoms with Gasteiger partial charge in [0.15, 0.2) is 0 Å². The number of nitrogens with zero attached hydrogens (tertiary/aromatic N) is 4. The number of hydrogen-bond acceptors (Lipinski definition) is 6. The van der Waals surface area contributed by atoms with E-state index in [0.717, 1.165) is 25.0 Å². The van der Waals surface area contributed by atoms with Gasteiger partial charge in [-0.1, -0.05) is 24.3 Å². The fourth-order valence-electron chi connectivity index (χ4n) is 5.12. The zero-order valence-electron chi connectivity index (χ0n) is 20.9. The monoisotopic (exact) mass is 506 g/mol. The lowest BCUT2D eigenvalue weighted by Gasteiger charge is -2.37. The molecule has 0 radical (unpaired) electrons. The number of carbonyl (C=O) groups is 2. The number of benzene rings is 2. The smallest absolute Gasteiger partial charge is 0.272 e. The van der Waals surface area contributed by atoms with Crippen LogP contribution in [0.2, 0.25) is 0 Å². The standard InChI is InChI=1S/C27H31FN6O3/c1-18-16-32(9-8-29-18)17-25(35)33-10-12-34(13-11-33)27(37)22-14-19(6-7-23(22)28)15-24-20-4-2-3-5-21(20)26(36)31-30-24/h2-7,14,18,29H,8-13,15-17H2,1H3,(H,31,36)/t18-/m0/s1. The van der Waals surface area contributed by atoms with Crippen molar-refractivity contribution < 1.29 is 14.0 Å². The number of aromatic amines is 1. The van der Waals surface area contributed by atoms with Crippen molar-refractivity contribution in [1.82, 2.24) is 30.2 Å². The molecule has 1 aromatic heterocycles. The summed E-state index contributed by atoms with van der Waals surface area (Å²) in [5.41, 5.74) is 1.09. The lowest BCUT2D eigenvalue weighted by atomic mass is 10.0. The third-order valence-corrected chi connectivity index (χ3v) is 7.14. The summed E-state index contributed by atoms with van der Waals surface area (Å²) < 4.78 is 14.7. The summed E-state index contributed by atoms with van der Waals surface area (Å²) in [6.07, 6.45) is 0.338. The SMILES string of the molecule is C[C@H]1CN(CC(=O)N2CCN(C(=O)c3cc(Cc4n[nH]c(=O)c5ccccc45)ccc3F)CC2)CCN1. The Balaban J connectivity index is 1.24. The number of rotatable bonds is 5. The first kappa shape index (κ1) is 25.0. The van der Waals surface area contributed by atoms with Gasteiger partial charge in [-0.25, -0.2) is 9.49 Å². The van der Waals surface area contributed by atoms with Crippen LogP contribution in [-0.2, 0) is 11.2 Å². The molecule has 3 aromatic rings. The molecule has 2 amide bonds. The number of halogens is 1. The van der Waals surface area contributed by atoms with Gasteiger partial charge in [0.05, 0.1) is 23.2 Å². The molecular weight excluding hydrogens is 475 g/mol. The Morgan fingerprint density at radius 3 is 2.51 bits per heavy atom. The first-order chi connectivity index (χ1) is 17.9. The number of piperazine rings is 2. The molecule has 2 aliphatic rings. The van der Waals surface area contributed by atoms with Crippen LogP contribution >= 0.6 is 0 Å². The molecule has 9 nitrogen and oxygen atoms in total. The quantitative estimate of drug-likeness (QED) is 0.540. The Hall–Kier alpha value is -3.63. The number of H-pyrrole nitrogens is 1. The highest BCUT2D eigenvalue weighted by Gasteiger charge is 2.28.